The second kappa shape index (κ2) is 8.13. The number of rotatable bonds is 7. The number of carbonyl (C=O) groups is 1. The zero-order valence-electron chi connectivity index (χ0n) is 11.5. The van der Waals surface area contributed by atoms with Gasteiger partial charge in [0.1, 0.15) is 0 Å². The molecule has 0 spiro atoms. The van der Waals surface area contributed by atoms with Crippen LogP contribution in [0.25, 0.3) is 0 Å². The van der Waals surface area contributed by atoms with Crippen LogP contribution >= 0.6 is 0 Å². The van der Waals surface area contributed by atoms with Gasteiger partial charge in [0, 0.05) is 31.9 Å². The van der Waals surface area contributed by atoms with E-state index in [0.717, 1.165) is 0 Å². The molecular weight excluding hydrogens is 262 g/mol. The van der Waals surface area contributed by atoms with E-state index in [4.69, 9.17) is 20.4 Å². The molecule has 110 valence electrons. The van der Waals surface area contributed by atoms with Crippen molar-refractivity contribution >= 4 is 11.7 Å². The van der Waals surface area contributed by atoms with Crippen LogP contribution in [-0.4, -0.2) is 50.4 Å². The fraction of sp³-hybridized carbons (Fsp3) is 0.385. The van der Waals surface area contributed by atoms with Crippen LogP contribution in [0.3, 0.4) is 0 Å². The SMILES string of the molecule is COCC(CNC(=O)c1ccc(/C(N)=N/O)cc1)OC. The summed E-state index contributed by atoms with van der Waals surface area (Å²) in [6.07, 6.45) is -0.194. The Balaban J connectivity index is 2.59. The zero-order valence-corrected chi connectivity index (χ0v) is 11.5. The largest absolute Gasteiger partial charge is 0.409 e. The molecule has 1 aromatic carbocycles. The van der Waals surface area contributed by atoms with Crippen molar-refractivity contribution in [2.24, 2.45) is 10.9 Å². The van der Waals surface area contributed by atoms with Crippen molar-refractivity contribution < 1.29 is 19.5 Å². The van der Waals surface area contributed by atoms with Crippen LogP contribution in [0.15, 0.2) is 29.4 Å². The first-order chi connectivity index (χ1) is 9.62. The van der Waals surface area contributed by atoms with Gasteiger partial charge < -0.3 is 25.7 Å². The van der Waals surface area contributed by atoms with Gasteiger partial charge in [0.05, 0.1) is 12.7 Å². The van der Waals surface area contributed by atoms with Gasteiger partial charge in [-0.15, -0.1) is 0 Å². The summed E-state index contributed by atoms with van der Waals surface area (Å²) in [6, 6.07) is 6.40. The van der Waals surface area contributed by atoms with Crippen molar-refractivity contribution in [3.63, 3.8) is 0 Å². The number of ether oxygens (including phenoxy) is 2. The molecule has 0 fully saturated rings. The molecule has 1 aromatic rings. The molecule has 0 bridgehead atoms. The van der Waals surface area contributed by atoms with E-state index in [-0.39, 0.29) is 17.8 Å². The van der Waals surface area contributed by atoms with Crippen LogP contribution in [0.1, 0.15) is 15.9 Å². The molecular formula is C13H19N3O4. The quantitative estimate of drug-likeness (QED) is 0.286. The van der Waals surface area contributed by atoms with E-state index in [1.54, 1.807) is 38.5 Å². The highest BCUT2D eigenvalue weighted by Gasteiger charge is 2.11. The average Bonchev–Trinajstić information content (AvgIpc) is 2.50. The molecule has 20 heavy (non-hydrogen) atoms. The third-order valence-corrected chi connectivity index (χ3v) is 2.73. The number of methoxy groups -OCH3 is 2. The highest BCUT2D eigenvalue weighted by molar-refractivity contribution is 5.99. The van der Waals surface area contributed by atoms with Gasteiger partial charge in [0.25, 0.3) is 5.91 Å². The van der Waals surface area contributed by atoms with Crippen molar-refractivity contribution in [1.29, 1.82) is 0 Å². The maximum Gasteiger partial charge on any atom is 0.251 e. The number of oxime groups is 1. The molecule has 4 N–H and O–H groups in total. The van der Waals surface area contributed by atoms with Gasteiger partial charge >= 0.3 is 0 Å². The minimum Gasteiger partial charge on any atom is -0.409 e. The second-order valence-electron chi connectivity index (χ2n) is 4.09. The lowest BCUT2D eigenvalue weighted by atomic mass is 10.1. The first-order valence-corrected chi connectivity index (χ1v) is 6.00. The van der Waals surface area contributed by atoms with Gasteiger partial charge in [-0.25, -0.2) is 0 Å². The Labute approximate surface area is 117 Å². The summed E-state index contributed by atoms with van der Waals surface area (Å²) in [4.78, 5) is 11.9. The van der Waals surface area contributed by atoms with Crippen molar-refractivity contribution in [3.05, 3.63) is 35.4 Å². The highest BCUT2D eigenvalue weighted by atomic mass is 16.5. The summed E-state index contributed by atoms with van der Waals surface area (Å²) in [7, 11) is 3.13. The van der Waals surface area contributed by atoms with Crippen LogP contribution < -0.4 is 11.1 Å². The maximum atomic E-state index is 11.9. The Hall–Kier alpha value is -2.12. The number of nitrogens with one attached hydrogen (secondary N) is 1. The number of nitrogens with zero attached hydrogens (tertiary/aromatic N) is 1. The fourth-order valence-electron chi connectivity index (χ4n) is 1.55. The minimum atomic E-state index is -0.228. The molecule has 0 saturated heterocycles. The van der Waals surface area contributed by atoms with Gasteiger partial charge in [0.15, 0.2) is 5.84 Å². The number of hydrogen-bond donors (Lipinski definition) is 3. The highest BCUT2D eigenvalue weighted by Crippen LogP contribution is 2.04. The molecule has 7 heteroatoms. The monoisotopic (exact) mass is 281 g/mol. The first kappa shape index (κ1) is 15.9. The van der Waals surface area contributed by atoms with Gasteiger partial charge in [-0.05, 0) is 12.1 Å². The zero-order chi connectivity index (χ0) is 15.0. The summed E-state index contributed by atoms with van der Waals surface area (Å²) in [6.45, 7) is 0.754. The number of nitrogens with two attached hydrogens (primary N) is 1. The smallest absolute Gasteiger partial charge is 0.251 e. The molecule has 0 saturated carbocycles. The predicted octanol–water partition coefficient (Wildman–Crippen LogP) is 0.172. The van der Waals surface area contributed by atoms with Crippen molar-refractivity contribution in [3.8, 4) is 0 Å². The Kier molecular flexibility index (Phi) is 6.48. The average molecular weight is 281 g/mol. The van der Waals surface area contributed by atoms with Gasteiger partial charge in [-0.2, -0.15) is 0 Å². The van der Waals surface area contributed by atoms with Crippen LogP contribution in [0.4, 0.5) is 0 Å². The summed E-state index contributed by atoms with van der Waals surface area (Å²) in [5, 5.41) is 14.2. The van der Waals surface area contributed by atoms with Crippen molar-refractivity contribution in [1.82, 2.24) is 5.32 Å². The number of amides is 1. The van der Waals surface area contributed by atoms with Crippen LogP contribution in [0.2, 0.25) is 0 Å². The Morgan fingerprint density at radius 3 is 2.45 bits per heavy atom. The second-order valence-corrected chi connectivity index (χ2v) is 4.09. The molecule has 1 unspecified atom stereocenters. The molecule has 0 aromatic heterocycles. The van der Waals surface area contributed by atoms with Gasteiger partial charge in [-0.3, -0.25) is 4.79 Å². The topological polar surface area (TPSA) is 106 Å². The molecule has 0 aliphatic heterocycles. The molecule has 0 aliphatic carbocycles. The third kappa shape index (κ3) is 4.52. The third-order valence-electron chi connectivity index (χ3n) is 2.73. The van der Waals surface area contributed by atoms with E-state index in [1.807, 2.05) is 0 Å². The van der Waals surface area contributed by atoms with E-state index >= 15 is 0 Å². The van der Waals surface area contributed by atoms with Gasteiger partial charge in [0.2, 0.25) is 0 Å². The van der Waals surface area contributed by atoms with Crippen molar-refractivity contribution in [2.75, 3.05) is 27.4 Å². The van der Waals surface area contributed by atoms with E-state index in [9.17, 15) is 4.79 Å². The molecule has 7 nitrogen and oxygen atoms in total. The lowest BCUT2D eigenvalue weighted by Gasteiger charge is -2.15. The summed E-state index contributed by atoms with van der Waals surface area (Å²) >= 11 is 0. The summed E-state index contributed by atoms with van der Waals surface area (Å²) in [5.41, 5.74) is 6.46. The molecule has 1 atom stereocenters. The lowest BCUT2D eigenvalue weighted by molar-refractivity contribution is 0.0285. The first-order valence-electron chi connectivity index (χ1n) is 6.00. The predicted molar refractivity (Wildman–Crippen MR) is 74.0 cm³/mol. The Morgan fingerprint density at radius 1 is 1.35 bits per heavy atom. The molecule has 1 amide bonds. The van der Waals surface area contributed by atoms with E-state index < -0.39 is 0 Å². The van der Waals surface area contributed by atoms with Crippen LogP contribution in [-0.2, 0) is 9.47 Å². The lowest BCUT2D eigenvalue weighted by Crippen LogP contribution is -2.35. The number of amidine groups is 1. The number of hydrogen-bond acceptors (Lipinski definition) is 5. The fourth-order valence-corrected chi connectivity index (χ4v) is 1.55. The molecule has 0 aliphatic rings. The van der Waals surface area contributed by atoms with E-state index in [2.05, 4.69) is 10.5 Å². The standard InChI is InChI=1S/C13H19N3O4/c1-19-8-11(20-2)7-15-13(17)10-5-3-9(4-6-10)12(14)16-18/h3-6,11,18H,7-8H2,1-2H3,(H2,14,16)(H,15,17). The van der Waals surface area contributed by atoms with E-state index in [0.29, 0.717) is 24.3 Å². The maximum absolute atomic E-state index is 11.9. The van der Waals surface area contributed by atoms with Crippen LogP contribution in [0, 0.1) is 0 Å². The van der Waals surface area contributed by atoms with Crippen molar-refractivity contribution in [2.45, 2.75) is 6.10 Å². The molecule has 0 radical (unpaired) electrons. The number of carbonyl (C=O) groups excluding carboxylic acids is 1. The van der Waals surface area contributed by atoms with Gasteiger partial charge in [-0.1, -0.05) is 17.3 Å². The Morgan fingerprint density at radius 2 is 1.95 bits per heavy atom. The number of benzene rings is 1. The van der Waals surface area contributed by atoms with E-state index in [1.165, 1.54) is 0 Å². The normalized spacial score (nSPS) is 13.0. The van der Waals surface area contributed by atoms with Crippen LogP contribution in [0.5, 0.6) is 0 Å². The summed E-state index contributed by atoms with van der Waals surface area (Å²) in [5.74, 6) is -0.231. The molecule has 0 heterocycles. The summed E-state index contributed by atoms with van der Waals surface area (Å²) < 4.78 is 10.1. The minimum absolute atomic E-state index is 0.00324. The molecule has 1 rings (SSSR count). The Bertz CT molecular complexity index is 459.